The van der Waals surface area contributed by atoms with Crippen molar-refractivity contribution < 1.29 is 9.29 Å². The Morgan fingerprint density at radius 1 is 1.53 bits per heavy atom. The van der Waals surface area contributed by atoms with Gasteiger partial charge in [0.1, 0.15) is 18.7 Å². The summed E-state index contributed by atoms with van der Waals surface area (Å²) in [6.45, 7) is 0.296. The van der Waals surface area contributed by atoms with Crippen LogP contribution in [-0.4, -0.2) is 32.5 Å². The van der Waals surface area contributed by atoms with Gasteiger partial charge in [-0.05, 0) is 24.2 Å². The van der Waals surface area contributed by atoms with Gasteiger partial charge < -0.3 is 9.29 Å². The molecule has 1 aliphatic carbocycles. The summed E-state index contributed by atoms with van der Waals surface area (Å²) in [6, 6.07) is 0.215. The molecule has 19 heavy (non-hydrogen) atoms. The quantitative estimate of drug-likeness (QED) is 0.789. The molecule has 2 aromatic rings. The van der Waals surface area contributed by atoms with Crippen LogP contribution in [0, 0.1) is 0 Å². The highest BCUT2D eigenvalue weighted by Crippen LogP contribution is 2.35. The van der Waals surface area contributed by atoms with Gasteiger partial charge in [0.25, 0.3) is 5.56 Å². The molecule has 2 heterocycles. The number of rotatable bonds is 4. The van der Waals surface area contributed by atoms with E-state index in [1.807, 2.05) is 0 Å². The maximum Gasteiger partial charge on any atom is 0.304 e. The summed E-state index contributed by atoms with van der Waals surface area (Å²) >= 11 is 0.0152. The van der Waals surface area contributed by atoms with Crippen LogP contribution in [0.25, 0.3) is 10.3 Å². The molecule has 1 saturated carbocycles. The summed E-state index contributed by atoms with van der Waals surface area (Å²) < 4.78 is 18.7. The number of nitrogens with zero attached hydrogens (tertiary/aromatic N) is 3. The van der Waals surface area contributed by atoms with Crippen LogP contribution in [0.1, 0.15) is 24.7 Å². The van der Waals surface area contributed by atoms with Crippen LogP contribution in [-0.2, 0) is 22.5 Å². The topological polar surface area (TPSA) is 80.1 Å². The minimum atomic E-state index is -1.19. The van der Waals surface area contributed by atoms with Gasteiger partial charge in [-0.2, -0.15) is 4.98 Å². The molecular formula is C11H13N3O3S2. The van der Waals surface area contributed by atoms with E-state index in [1.165, 1.54) is 11.3 Å². The second kappa shape index (κ2) is 4.86. The molecule has 1 fully saturated rings. The molecule has 1 atom stereocenters. The fourth-order valence-corrected chi connectivity index (χ4v) is 3.58. The van der Waals surface area contributed by atoms with Crippen molar-refractivity contribution in [2.75, 3.05) is 13.4 Å². The van der Waals surface area contributed by atoms with Gasteiger partial charge in [0.05, 0.1) is 0 Å². The van der Waals surface area contributed by atoms with Crippen LogP contribution in [0.3, 0.4) is 0 Å². The third-order valence-corrected chi connectivity index (χ3v) is 5.23. The largest absolute Gasteiger partial charge is 0.610 e. The predicted molar refractivity (Wildman–Crippen MR) is 73.0 cm³/mol. The second-order valence-electron chi connectivity index (χ2n) is 4.46. The van der Waals surface area contributed by atoms with E-state index in [4.69, 9.17) is 4.74 Å². The SMILES string of the molecule is COCc1nc2sc([S+](C)[O-])nc2c(=O)n1C1CC1. The number of thiazole rings is 1. The molecule has 0 amide bonds. The molecule has 102 valence electrons. The van der Waals surface area contributed by atoms with Crippen molar-refractivity contribution in [3.05, 3.63) is 16.2 Å². The normalized spacial score (nSPS) is 17.0. The van der Waals surface area contributed by atoms with Crippen LogP contribution < -0.4 is 5.56 Å². The van der Waals surface area contributed by atoms with Gasteiger partial charge in [-0.25, -0.2) is 4.98 Å². The van der Waals surface area contributed by atoms with Crippen LogP contribution in [0.2, 0.25) is 0 Å². The van der Waals surface area contributed by atoms with Crippen LogP contribution in [0.4, 0.5) is 0 Å². The highest BCUT2D eigenvalue weighted by atomic mass is 32.2. The Morgan fingerprint density at radius 3 is 2.84 bits per heavy atom. The lowest BCUT2D eigenvalue weighted by Crippen LogP contribution is -2.24. The van der Waals surface area contributed by atoms with E-state index < -0.39 is 11.2 Å². The van der Waals surface area contributed by atoms with E-state index in [0.29, 0.717) is 27.1 Å². The first-order chi connectivity index (χ1) is 9.11. The smallest absolute Gasteiger partial charge is 0.304 e. The van der Waals surface area contributed by atoms with Gasteiger partial charge in [0.2, 0.25) is 0 Å². The molecule has 1 aliphatic rings. The van der Waals surface area contributed by atoms with Crippen molar-refractivity contribution in [1.82, 2.24) is 14.5 Å². The van der Waals surface area contributed by atoms with E-state index in [-0.39, 0.29) is 11.6 Å². The van der Waals surface area contributed by atoms with Crippen molar-refractivity contribution in [3.63, 3.8) is 0 Å². The predicted octanol–water partition coefficient (Wildman–Crippen LogP) is 1.07. The zero-order valence-electron chi connectivity index (χ0n) is 10.6. The molecule has 2 aromatic heterocycles. The molecule has 0 saturated heterocycles. The third-order valence-electron chi connectivity index (χ3n) is 2.95. The van der Waals surface area contributed by atoms with Gasteiger partial charge in [-0.15, -0.1) is 0 Å². The van der Waals surface area contributed by atoms with E-state index in [0.717, 1.165) is 12.8 Å². The van der Waals surface area contributed by atoms with E-state index in [9.17, 15) is 9.35 Å². The molecule has 0 aliphatic heterocycles. The Balaban J connectivity index is 2.23. The zero-order chi connectivity index (χ0) is 13.6. The van der Waals surface area contributed by atoms with Crippen molar-refractivity contribution in [2.24, 2.45) is 0 Å². The third kappa shape index (κ3) is 2.29. The van der Waals surface area contributed by atoms with Gasteiger partial charge >= 0.3 is 4.34 Å². The molecule has 3 rings (SSSR count). The average Bonchev–Trinajstić information content (AvgIpc) is 3.08. The lowest BCUT2D eigenvalue weighted by atomic mass is 10.4. The summed E-state index contributed by atoms with van der Waals surface area (Å²) in [7, 11) is 1.58. The monoisotopic (exact) mass is 299 g/mol. The van der Waals surface area contributed by atoms with Crippen LogP contribution >= 0.6 is 11.3 Å². The molecule has 0 radical (unpaired) electrons. The number of hydrogen-bond donors (Lipinski definition) is 0. The first kappa shape index (κ1) is 13.0. The molecular weight excluding hydrogens is 286 g/mol. The first-order valence-corrected chi connectivity index (χ1v) is 8.23. The van der Waals surface area contributed by atoms with Crippen molar-refractivity contribution in [2.45, 2.75) is 29.8 Å². The maximum absolute atomic E-state index is 12.5. The molecule has 6 nitrogen and oxygen atoms in total. The lowest BCUT2D eigenvalue weighted by Gasteiger charge is -2.09. The number of aromatic nitrogens is 3. The van der Waals surface area contributed by atoms with Gasteiger partial charge in [-0.1, -0.05) is 0 Å². The Kier molecular flexibility index (Phi) is 3.34. The molecule has 1 unspecified atom stereocenters. The molecule has 0 aromatic carbocycles. The van der Waals surface area contributed by atoms with E-state index in [2.05, 4.69) is 9.97 Å². The van der Waals surface area contributed by atoms with Crippen molar-refractivity contribution in [3.8, 4) is 0 Å². The standard InChI is InChI=1S/C11H13N3O3S2/c1-17-5-7-12-9-8(13-11(18-9)19(2)16)10(15)14(7)6-3-4-6/h6H,3-5H2,1-2H3. The second-order valence-corrected chi connectivity index (χ2v) is 6.99. The van der Waals surface area contributed by atoms with Gasteiger partial charge in [-0.3, -0.25) is 9.36 Å². The summed E-state index contributed by atoms with van der Waals surface area (Å²) in [6.07, 6.45) is 3.52. The molecule has 0 spiro atoms. The highest BCUT2D eigenvalue weighted by Gasteiger charge is 2.29. The fourth-order valence-electron chi connectivity index (χ4n) is 1.97. The summed E-state index contributed by atoms with van der Waals surface area (Å²) in [5, 5.41) is 0. The maximum atomic E-state index is 12.5. The van der Waals surface area contributed by atoms with Crippen LogP contribution in [0.5, 0.6) is 0 Å². The molecule has 8 heteroatoms. The lowest BCUT2D eigenvalue weighted by molar-refractivity contribution is 0.173. The minimum absolute atomic E-state index is 0.146. The number of methoxy groups -OCH3 is 1. The number of fused-ring (bicyclic) bond motifs is 1. The summed E-state index contributed by atoms with van der Waals surface area (Å²) in [4.78, 5) is 21.6. The minimum Gasteiger partial charge on any atom is -0.610 e. The number of ether oxygens (including phenoxy) is 1. The molecule has 0 N–H and O–H groups in total. The Morgan fingerprint density at radius 2 is 2.26 bits per heavy atom. The fraction of sp³-hybridized carbons (Fsp3) is 0.545. The number of hydrogen-bond acceptors (Lipinski definition) is 6. The molecule has 0 bridgehead atoms. The van der Waals surface area contributed by atoms with E-state index >= 15 is 0 Å². The zero-order valence-corrected chi connectivity index (χ0v) is 12.2. The Bertz CT molecular complexity index is 676. The highest BCUT2D eigenvalue weighted by molar-refractivity contribution is 7.92. The van der Waals surface area contributed by atoms with E-state index in [1.54, 1.807) is 17.9 Å². The first-order valence-electron chi connectivity index (χ1n) is 5.86. The van der Waals surface area contributed by atoms with Gasteiger partial charge in [0, 0.05) is 24.3 Å². The summed E-state index contributed by atoms with van der Waals surface area (Å²) in [5.41, 5.74) is 0.175. The summed E-state index contributed by atoms with van der Waals surface area (Å²) in [5.74, 6) is 0.625. The average molecular weight is 299 g/mol. The Labute approximate surface area is 116 Å². The van der Waals surface area contributed by atoms with Crippen LogP contribution in [0.15, 0.2) is 9.13 Å². The van der Waals surface area contributed by atoms with Crippen molar-refractivity contribution in [1.29, 1.82) is 0 Å². The van der Waals surface area contributed by atoms with Gasteiger partial charge in [0.15, 0.2) is 10.3 Å². The Hall–Kier alpha value is -0.960. The van der Waals surface area contributed by atoms with Crippen molar-refractivity contribution >= 4 is 32.9 Å².